The number of rotatable bonds is 16. The zero-order valence-electron chi connectivity index (χ0n) is 14.5. The molecule has 2 nitrogen and oxygen atoms in total. The monoisotopic (exact) mass is 298 g/mol. The van der Waals surface area contributed by atoms with E-state index in [-0.39, 0.29) is 5.78 Å². The highest BCUT2D eigenvalue weighted by molar-refractivity contribution is 5.78. The summed E-state index contributed by atoms with van der Waals surface area (Å²) in [7, 11) is 0. The third kappa shape index (κ3) is 15.8. The molecule has 126 valence electrons. The van der Waals surface area contributed by atoms with Crippen molar-refractivity contribution in [1.29, 1.82) is 0 Å². The first-order valence-electron chi connectivity index (χ1n) is 9.40. The van der Waals surface area contributed by atoms with Gasteiger partial charge in [-0.1, -0.05) is 84.5 Å². The van der Waals surface area contributed by atoms with Crippen molar-refractivity contribution in [2.24, 2.45) is 0 Å². The van der Waals surface area contributed by atoms with Crippen LogP contribution in [0.25, 0.3) is 0 Å². The molecule has 21 heavy (non-hydrogen) atoms. The fraction of sp³-hybridized carbons (Fsp3) is 0.947. The number of carbonyl (C=O) groups excluding carboxylic acids is 1. The summed E-state index contributed by atoms with van der Waals surface area (Å²) in [5.74, 6) is 0.242. The Morgan fingerprint density at radius 1 is 0.762 bits per heavy atom. The molecule has 2 heteroatoms. The van der Waals surface area contributed by atoms with E-state index in [0.717, 1.165) is 19.3 Å². The first kappa shape index (κ1) is 20.6. The Labute approximate surface area is 132 Å². The van der Waals surface area contributed by atoms with E-state index in [4.69, 9.17) is 0 Å². The van der Waals surface area contributed by atoms with Gasteiger partial charge < -0.3 is 5.11 Å². The lowest BCUT2D eigenvalue weighted by atomic mass is 10.0. The Balaban J connectivity index is 3.19. The van der Waals surface area contributed by atoms with Crippen molar-refractivity contribution in [2.45, 2.75) is 116 Å². The highest BCUT2D eigenvalue weighted by Gasteiger charge is 2.09. The molecule has 0 aliphatic rings. The first-order chi connectivity index (χ1) is 10.2. The summed E-state index contributed by atoms with van der Waals surface area (Å²) in [4.78, 5) is 11.6. The van der Waals surface area contributed by atoms with Gasteiger partial charge in [0, 0.05) is 12.8 Å². The van der Waals surface area contributed by atoms with Crippen molar-refractivity contribution < 1.29 is 9.90 Å². The molecule has 1 unspecified atom stereocenters. The number of unbranched alkanes of at least 4 members (excludes halogenated alkanes) is 10. The molecule has 0 aliphatic carbocycles. The first-order valence-corrected chi connectivity index (χ1v) is 9.40. The summed E-state index contributed by atoms with van der Waals surface area (Å²) in [5, 5.41) is 9.58. The van der Waals surface area contributed by atoms with E-state index in [9.17, 15) is 9.90 Å². The van der Waals surface area contributed by atoms with Crippen molar-refractivity contribution in [3.8, 4) is 0 Å². The van der Waals surface area contributed by atoms with Crippen LogP contribution in [-0.4, -0.2) is 17.0 Å². The molecular formula is C19H38O2. The van der Waals surface area contributed by atoms with Crippen LogP contribution in [0.3, 0.4) is 0 Å². The fourth-order valence-electron chi connectivity index (χ4n) is 2.79. The molecule has 1 atom stereocenters. The van der Waals surface area contributed by atoms with Crippen LogP contribution < -0.4 is 0 Å². The molecule has 0 aromatic rings. The number of hydrogen-bond acceptors (Lipinski definition) is 2. The second-order valence-corrected chi connectivity index (χ2v) is 6.47. The van der Waals surface area contributed by atoms with Gasteiger partial charge in [0.2, 0.25) is 0 Å². The zero-order valence-corrected chi connectivity index (χ0v) is 14.5. The van der Waals surface area contributed by atoms with Gasteiger partial charge in [-0.2, -0.15) is 0 Å². The Bertz CT molecular complexity index is 226. The van der Waals surface area contributed by atoms with E-state index in [2.05, 4.69) is 6.92 Å². The van der Waals surface area contributed by atoms with E-state index in [1.165, 1.54) is 64.2 Å². The fourth-order valence-corrected chi connectivity index (χ4v) is 2.79. The lowest BCUT2D eigenvalue weighted by molar-refractivity contribution is -0.121. The summed E-state index contributed by atoms with van der Waals surface area (Å²) < 4.78 is 0. The minimum absolute atomic E-state index is 0.242. The van der Waals surface area contributed by atoms with Crippen molar-refractivity contribution in [1.82, 2.24) is 0 Å². The minimum atomic E-state index is -0.407. The van der Waals surface area contributed by atoms with Crippen molar-refractivity contribution in [3.05, 3.63) is 0 Å². The van der Waals surface area contributed by atoms with Gasteiger partial charge in [-0.15, -0.1) is 0 Å². The molecule has 0 rings (SSSR count). The average molecular weight is 299 g/mol. The summed E-state index contributed by atoms with van der Waals surface area (Å²) in [6.45, 7) is 4.30. The molecule has 0 radical (unpaired) electrons. The molecule has 0 spiro atoms. The van der Waals surface area contributed by atoms with Crippen LogP contribution in [0.1, 0.15) is 110 Å². The second kappa shape index (κ2) is 16.0. The molecule has 1 N–H and O–H groups in total. The van der Waals surface area contributed by atoms with Crippen LogP contribution in [0.5, 0.6) is 0 Å². The molecule has 0 saturated carbocycles. The molecule has 0 aromatic heterocycles. The summed E-state index contributed by atoms with van der Waals surface area (Å²) in [5.41, 5.74) is 0. The van der Waals surface area contributed by atoms with Crippen LogP contribution in [-0.2, 0) is 4.79 Å². The molecule has 0 amide bonds. The topological polar surface area (TPSA) is 37.3 Å². The zero-order chi connectivity index (χ0) is 15.8. The molecule has 0 fully saturated rings. The predicted molar refractivity (Wildman–Crippen MR) is 91.6 cm³/mol. The van der Waals surface area contributed by atoms with Gasteiger partial charge in [0.25, 0.3) is 0 Å². The van der Waals surface area contributed by atoms with Crippen molar-refractivity contribution >= 4 is 5.78 Å². The predicted octanol–water partition coefficient (Wildman–Crippen LogP) is 5.81. The van der Waals surface area contributed by atoms with Gasteiger partial charge in [0.05, 0.1) is 6.10 Å². The third-order valence-corrected chi connectivity index (χ3v) is 4.14. The second-order valence-electron chi connectivity index (χ2n) is 6.47. The molecule has 0 aliphatic heterocycles. The van der Waals surface area contributed by atoms with E-state index >= 15 is 0 Å². The molecule has 0 heterocycles. The van der Waals surface area contributed by atoms with Crippen LogP contribution >= 0.6 is 0 Å². The smallest absolute Gasteiger partial charge is 0.135 e. The van der Waals surface area contributed by atoms with E-state index in [1.54, 1.807) is 0 Å². The minimum Gasteiger partial charge on any atom is -0.393 e. The van der Waals surface area contributed by atoms with Gasteiger partial charge >= 0.3 is 0 Å². The maximum atomic E-state index is 11.6. The number of hydrogen-bond donors (Lipinski definition) is 1. The quantitative estimate of drug-likeness (QED) is 0.365. The Morgan fingerprint density at radius 3 is 1.71 bits per heavy atom. The third-order valence-electron chi connectivity index (χ3n) is 4.14. The average Bonchev–Trinajstić information content (AvgIpc) is 2.45. The molecular weight excluding hydrogens is 260 g/mol. The normalized spacial score (nSPS) is 12.5. The lowest BCUT2D eigenvalue weighted by Crippen LogP contribution is -2.12. The van der Waals surface area contributed by atoms with Gasteiger partial charge in [-0.05, 0) is 12.8 Å². The molecule has 0 bridgehead atoms. The number of Topliss-reactive ketones (excluding diaryl/α,β-unsaturated/α-hetero) is 1. The lowest BCUT2D eigenvalue weighted by Gasteiger charge is -2.07. The van der Waals surface area contributed by atoms with Crippen molar-refractivity contribution in [2.75, 3.05) is 0 Å². The maximum Gasteiger partial charge on any atom is 0.135 e. The van der Waals surface area contributed by atoms with Crippen LogP contribution in [0.4, 0.5) is 0 Å². The Morgan fingerprint density at radius 2 is 1.24 bits per heavy atom. The molecule has 0 aromatic carbocycles. The summed E-state index contributed by atoms with van der Waals surface area (Å²) in [6, 6.07) is 0. The largest absolute Gasteiger partial charge is 0.393 e. The Kier molecular flexibility index (Phi) is 15.7. The van der Waals surface area contributed by atoms with Crippen LogP contribution in [0.2, 0.25) is 0 Å². The highest BCUT2D eigenvalue weighted by Crippen LogP contribution is 2.13. The van der Waals surface area contributed by atoms with Crippen molar-refractivity contribution in [3.63, 3.8) is 0 Å². The van der Waals surface area contributed by atoms with Crippen LogP contribution in [0.15, 0.2) is 0 Å². The molecule has 0 saturated heterocycles. The number of ketones is 1. The summed E-state index contributed by atoms with van der Waals surface area (Å²) >= 11 is 0. The van der Waals surface area contributed by atoms with Crippen LogP contribution in [0, 0.1) is 0 Å². The van der Waals surface area contributed by atoms with Gasteiger partial charge in [0.1, 0.15) is 5.78 Å². The van der Waals surface area contributed by atoms with E-state index in [0.29, 0.717) is 12.8 Å². The van der Waals surface area contributed by atoms with E-state index in [1.807, 2.05) is 6.92 Å². The standard InChI is InChI=1S/C19H38O2/c1-3-5-6-7-8-9-10-11-12-13-14-16-19(21)17-18(20)15-4-2/h18,20H,3-17H2,1-2H3. The van der Waals surface area contributed by atoms with Gasteiger partial charge in [0.15, 0.2) is 0 Å². The number of aliphatic hydroxyl groups is 1. The number of carbonyl (C=O) groups is 1. The van der Waals surface area contributed by atoms with E-state index < -0.39 is 6.10 Å². The van der Waals surface area contributed by atoms with Gasteiger partial charge in [-0.3, -0.25) is 4.79 Å². The number of aliphatic hydroxyl groups excluding tert-OH is 1. The SMILES string of the molecule is CCCCCCCCCCCCCC(=O)CC(O)CCC. The maximum absolute atomic E-state index is 11.6. The highest BCUT2D eigenvalue weighted by atomic mass is 16.3. The van der Waals surface area contributed by atoms with Gasteiger partial charge in [-0.25, -0.2) is 0 Å². The summed E-state index contributed by atoms with van der Waals surface area (Å²) in [6.07, 6.45) is 16.8. The Hall–Kier alpha value is -0.370.